The summed E-state index contributed by atoms with van der Waals surface area (Å²) in [5.41, 5.74) is 0.385. The van der Waals surface area contributed by atoms with Gasteiger partial charge in [-0.05, 0) is 11.3 Å². The monoisotopic (exact) mass is 288 g/mol. The highest BCUT2D eigenvalue weighted by atomic mass is 127. The summed E-state index contributed by atoms with van der Waals surface area (Å²) in [7, 11) is 0. The number of hydrogen-bond acceptors (Lipinski definition) is 0. The molecule has 0 saturated carbocycles. The van der Waals surface area contributed by atoms with Crippen molar-refractivity contribution in [3.05, 3.63) is 0 Å². The summed E-state index contributed by atoms with van der Waals surface area (Å²) in [4.78, 5) is 0. The topological polar surface area (TPSA) is 0 Å². The van der Waals surface area contributed by atoms with Crippen LogP contribution >= 0.6 is 34.2 Å². The van der Waals surface area contributed by atoms with E-state index in [0.29, 0.717) is 15.3 Å². The smallest absolute Gasteiger partial charge is 0.0261 e. The van der Waals surface area contributed by atoms with E-state index in [2.05, 4.69) is 50.3 Å². The Labute approximate surface area is 89.2 Å². The molecule has 0 aliphatic heterocycles. The quantitative estimate of drug-likeness (QED) is 0.542. The van der Waals surface area contributed by atoms with E-state index in [1.54, 1.807) is 0 Å². The lowest BCUT2D eigenvalue weighted by atomic mass is 9.84. The zero-order chi connectivity index (χ0) is 9.07. The molecule has 68 valence electrons. The minimum atomic E-state index is 0.385. The Kier molecular flexibility index (Phi) is 5.36. The van der Waals surface area contributed by atoms with E-state index >= 15 is 0 Å². The molecule has 2 atom stereocenters. The average molecular weight is 289 g/mol. The van der Waals surface area contributed by atoms with Crippen LogP contribution in [0.2, 0.25) is 0 Å². The van der Waals surface area contributed by atoms with Crippen LogP contribution in [-0.2, 0) is 0 Å². The van der Waals surface area contributed by atoms with Crippen molar-refractivity contribution in [3.8, 4) is 0 Å². The number of hydrogen-bond donors (Lipinski definition) is 0. The van der Waals surface area contributed by atoms with Crippen LogP contribution in [0.25, 0.3) is 0 Å². The van der Waals surface area contributed by atoms with Gasteiger partial charge in [-0.3, -0.25) is 0 Å². The van der Waals surface area contributed by atoms with Gasteiger partial charge in [0.1, 0.15) is 0 Å². The standard InChI is InChI=1S/C9H18ClI/c1-5-7(6-10)8(11)9(2,3)4/h7-8H,5-6H2,1-4H3. The zero-order valence-corrected chi connectivity index (χ0v) is 10.7. The van der Waals surface area contributed by atoms with E-state index in [1.807, 2.05) is 0 Å². The van der Waals surface area contributed by atoms with Gasteiger partial charge in [-0.2, -0.15) is 0 Å². The molecule has 0 radical (unpaired) electrons. The fraction of sp³-hybridized carbons (Fsp3) is 1.00. The van der Waals surface area contributed by atoms with Crippen LogP contribution in [0.3, 0.4) is 0 Å². The van der Waals surface area contributed by atoms with Gasteiger partial charge < -0.3 is 0 Å². The van der Waals surface area contributed by atoms with Gasteiger partial charge in [0.05, 0.1) is 0 Å². The first-order valence-corrected chi connectivity index (χ1v) is 5.91. The van der Waals surface area contributed by atoms with Crippen LogP contribution in [0.4, 0.5) is 0 Å². The summed E-state index contributed by atoms with van der Waals surface area (Å²) in [6, 6.07) is 0. The molecule has 2 heteroatoms. The third-order valence-corrected chi connectivity index (χ3v) is 5.25. The van der Waals surface area contributed by atoms with Crippen LogP contribution in [0.15, 0.2) is 0 Å². The molecule has 0 fully saturated rings. The van der Waals surface area contributed by atoms with E-state index in [4.69, 9.17) is 11.6 Å². The van der Waals surface area contributed by atoms with Crippen molar-refractivity contribution >= 4 is 34.2 Å². The third-order valence-electron chi connectivity index (χ3n) is 1.96. The molecule has 0 aliphatic carbocycles. The highest BCUT2D eigenvalue weighted by Crippen LogP contribution is 2.34. The third kappa shape index (κ3) is 3.97. The summed E-state index contributed by atoms with van der Waals surface area (Å²) in [6.45, 7) is 9.04. The van der Waals surface area contributed by atoms with Crippen LogP contribution in [0.1, 0.15) is 34.1 Å². The Balaban J connectivity index is 4.09. The van der Waals surface area contributed by atoms with Crippen LogP contribution in [0, 0.1) is 11.3 Å². The maximum absolute atomic E-state index is 5.86. The Bertz CT molecular complexity index is 103. The maximum Gasteiger partial charge on any atom is 0.0261 e. The number of rotatable bonds is 3. The second-order valence-corrected chi connectivity index (χ2v) is 5.74. The first-order chi connectivity index (χ1) is 4.93. The molecule has 0 rings (SSSR count). The molecule has 11 heavy (non-hydrogen) atoms. The molecule has 0 nitrogen and oxygen atoms in total. The molecule has 0 aliphatic rings. The highest BCUT2D eigenvalue weighted by molar-refractivity contribution is 14.1. The van der Waals surface area contributed by atoms with E-state index in [-0.39, 0.29) is 0 Å². The molecule has 0 bridgehead atoms. The van der Waals surface area contributed by atoms with E-state index in [0.717, 1.165) is 5.88 Å². The van der Waals surface area contributed by atoms with E-state index in [1.165, 1.54) is 6.42 Å². The molecule has 0 spiro atoms. The van der Waals surface area contributed by atoms with Crippen molar-refractivity contribution in [1.29, 1.82) is 0 Å². The van der Waals surface area contributed by atoms with Crippen molar-refractivity contribution in [2.45, 2.75) is 38.0 Å². The molecular weight excluding hydrogens is 270 g/mol. The Hall–Kier alpha value is 1.02. The molecule has 0 aromatic heterocycles. The van der Waals surface area contributed by atoms with Crippen LogP contribution in [-0.4, -0.2) is 9.80 Å². The molecule has 0 aromatic carbocycles. The second kappa shape index (κ2) is 4.90. The minimum Gasteiger partial charge on any atom is -0.126 e. The van der Waals surface area contributed by atoms with Crippen molar-refractivity contribution in [2.75, 3.05) is 5.88 Å². The highest BCUT2D eigenvalue weighted by Gasteiger charge is 2.27. The Morgan fingerprint density at radius 3 is 1.91 bits per heavy atom. The predicted octanol–water partition coefficient (Wildman–Crippen LogP) is 4.10. The van der Waals surface area contributed by atoms with Gasteiger partial charge in [0.2, 0.25) is 0 Å². The van der Waals surface area contributed by atoms with Gasteiger partial charge in [0, 0.05) is 9.80 Å². The van der Waals surface area contributed by atoms with Crippen molar-refractivity contribution in [2.24, 2.45) is 11.3 Å². The lowest BCUT2D eigenvalue weighted by Gasteiger charge is -2.31. The molecule has 0 heterocycles. The lowest BCUT2D eigenvalue weighted by molar-refractivity contribution is 0.334. The largest absolute Gasteiger partial charge is 0.126 e. The van der Waals surface area contributed by atoms with Gasteiger partial charge in [-0.15, -0.1) is 11.6 Å². The van der Waals surface area contributed by atoms with Gasteiger partial charge in [0.15, 0.2) is 0 Å². The predicted molar refractivity (Wildman–Crippen MR) is 61.8 cm³/mol. The molecule has 2 unspecified atom stereocenters. The van der Waals surface area contributed by atoms with Gasteiger partial charge in [-0.25, -0.2) is 0 Å². The van der Waals surface area contributed by atoms with E-state index in [9.17, 15) is 0 Å². The molecule has 0 amide bonds. The molecule has 0 aromatic rings. The number of halogens is 2. The van der Waals surface area contributed by atoms with Gasteiger partial charge in [0.25, 0.3) is 0 Å². The molecule has 0 N–H and O–H groups in total. The van der Waals surface area contributed by atoms with Crippen LogP contribution in [0.5, 0.6) is 0 Å². The van der Waals surface area contributed by atoms with Gasteiger partial charge >= 0.3 is 0 Å². The Morgan fingerprint density at radius 1 is 1.36 bits per heavy atom. The minimum absolute atomic E-state index is 0.385. The van der Waals surface area contributed by atoms with Crippen LogP contribution < -0.4 is 0 Å². The van der Waals surface area contributed by atoms with Crippen molar-refractivity contribution in [1.82, 2.24) is 0 Å². The Morgan fingerprint density at radius 2 is 1.82 bits per heavy atom. The normalized spacial score (nSPS) is 18.0. The summed E-state index contributed by atoms with van der Waals surface area (Å²) in [5, 5.41) is 0. The second-order valence-electron chi connectivity index (χ2n) is 4.09. The first-order valence-electron chi connectivity index (χ1n) is 4.13. The number of alkyl halides is 2. The fourth-order valence-corrected chi connectivity index (χ4v) is 2.56. The fourth-order valence-electron chi connectivity index (χ4n) is 1.10. The summed E-state index contributed by atoms with van der Waals surface area (Å²) in [5.74, 6) is 1.46. The SMILES string of the molecule is CCC(CCl)C(I)C(C)(C)C. The molecular formula is C9H18ClI. The first kappa shape index (κ1) is 12.0. The summed E-state index contributed by atoms with van der Waals surface area (Å²) in [6.07, 6.45) is 1.19. The molecule has 0 saturated heterocycles. The van der Waals surface area contributed by atoms with Crippen molar-refractivity contribution in [3.63, 3.8) is 0 Å². The zero-order valence-electron chi connectivity index (χ0n) is 7.82. The van der Waals surface area contributed by atoms with Gasteiger partial charge in [-0.1, -0.05) is 56.7 Å². The van der Waals surface area contributed by atoms with Crippen molar-refractivity contribution < 1.29 is 0 Å². The van der Waals surface area contributed by atoms with E-state index < -0.39 is 0 Å². The summed E-state index contributed by atoms with van der Waals surface area (Å²) >= 11 is 8.39. The lowest BCUT2D eigenvalue weighted by Crippen LogP contribution is -2.29. The average Bonchev–Trinajstić information content (AvgIpc) is 1.88. The maximum atomic E-state index is 5.86. The summed E-state index contributed by atoms with van der Waals surface area (Å²) < 4.78 is 0.683.